The molecule has 1 aliphatic heterocycles. The predicted octanol–water partition coefficient (Wildman–Crippen LogP) is 4.86. The van der Waals surface area contributed by atoms with Crippen molar-refractivity contribution in [3.05, 3.63) is 71.8 Å². The average Bonchev–Trinajstić information content (AvgIpc) is 2.83. The Labute approximate surface area is 184 Å². The van der Waals surface area contributed by atoms with Gasteiger partial charge in [0.25, 0.3) is 5.91 Å². The van der Waals surface area contributed by atoms with E-state index in [1.807, 2.05) is 48.5 Å². The Morgan fingerprint density at radius 2 is 1.94 bits per heavy atom. The molecule has 0 saturated carbocycles. The Balaban J connectivity index is 1.70. The van der Waals surface area contributed by atoms with Crippen LogP contribution in [0.3, 0.4) is 0 Å². The number of piperidine rings is 1. The second-order valence-electron chi connectivity index (χ2n) is 8.25. The molecule has 0 spiro atoms. The van der Waals surface area contributed by atoms with E-state index in [1.54, 1.807) is 0 Å². The summed E-state index contributed by atoms with van der Waals surface area (Å²) in [5.74, 6) is 0.751. The summed E-state index contributed by atoms with van der Waals surface area (Å²) in [5, 5.41) is 13.6. The molecule has 1 saturated heterocycles. The number of para-hydroxylation sites is 1. The van der Waals surface area contributed by atoms with Crippen molar-refractivity contribution in [1.29, 1.82) is 0 Å². The summed E-state index contributed by atoms with van der Waals surface area (Å²) in [5.41, 5.74) is 2.59. The number of amides is 1. The molecule has 0 radical (unpaired) electrons. The van der Waals surface area contributed by atoms with Crippen LogP contribution in [0, 0.1) is 0 Å². The number of benzene rings is 2. The minimum absolute atomic E-state index is 0.0406. The lowest BCUT2D eigenvalue weighted by atomic mass is 9.98. The van der Waals surface area contributed by atoms with E-state index in [9.17, 15) is 9.90 Å². The number of carbonyl (C=O) groups is 1. The van der Waals surface area contributed by atoms with Gasteiger partial charge in [0.15, 0.2) is 0 Å². The molecule has 1 unspecified atom stereocenters. The van der Waals surface area contributed by atoms with E-state index in [0.717, 1.165) is 60.9 Å². The summed E-state index contributed by atoms with van der Waals surface area (Å²) in [6.07, 6.45) is 4.85. The van der Waals surface area contributed by atoms with Gasteiger partial charge in [-0.2, -0.15) is 0 Å². The number of aromatic nitrogens is 1. The van der Waals surface area contributed by atoms with Crippen LogP contribution < -0.4 is 10.2 Å². The van der Waals surface area contributed by atoms with Crippen LogP contribution in [0.1, 0.15) is 61.0 Å². The Bertz CT molecular complexity index is 1020. The normalized spacial score (nSPS) is 17.5. The third-order valence-electron chi connectivity index (χ3n) is 6.25. The number of nitrogens with one attached hydrogen (secondary N) is 1. The Kier molecular flexibility index (Phi) is 6.82. The molecule has 162 valence electrons. The molecule has 2 aromatic carbocycles. The van der Waals surface area contributed by atoms with Crippen molar-refractivity contribution in [3.8, 4) is 0 Å². The van der Waals surface area contributed by atoms with Gasteiger partial charge < -0.3 is 15.3 Å². The van der Waals surface area contributed by atoms with Crippen molar-refractivity contribution in [1.82, 2.24) is 10.3 Å². The third-order valence-corrected chi connectivity index (χ3v) is 6.25. The smallest absolute Gasteiger partial charge is 0.252 e. The lowest BCUT2D eigenvalue weighted by Crippen LogP contribution is -2.41. The monoisotopic (exact) mass is 417 g/mol. The molecule has 2 heterocycles. The lowest BCUT2D eigenvalue weighted by Gasteiger charge is -2.37. The first-order chi connectivity index (χ1) is 15.2. The maximum absolute atomic E-state index is 13.4. The zero-order valence-electron chi connectivity index (χ0n) is 18.1. The fraction of sp³-hybridized carbons (Fsp3) is 0.385. The maximum Gasteiger partial charge on any atom is 0.252 e. The summed E-state index contributed by atoms with van der Waals surface area (Å²) in [6, 6.07) is 20.1. The van der Waals surface area contributed by atoms with E-state index in [0.29, 0.717) is 5.56 Å². The second-order valence-corrected chi connectivity index (χ2v) is 8.25. The molecular weight excluding hydrogens is 386 g/mol. The molecule has 2 atom stereocenters. The summed E-state index contributed by atoms with van der Waals surface area (Å²) >= 11 is 0. The molecule has 31 heavy (non-hydrogen) atoms. The van der Waals surface area contributed by atoms with Gasteiger partial charge >= 0.3 is 0 Å². The van der Waals surface area contributed by atoms with E-state index in [1.165, 1.54) is 0 Å². The van der Waals surface area contributed by atoms with Crippen molar-refractivity contribution >= 4 is 22.6 Å². The number of rotatable bonds is 7. The number of pyridine rings is 1. The third kappa shape index (κ3) is 4.72. The first-order valence-corrected chi connectivity index (χ1v) is 11.3. The first kappa shape index (κ1) is 21.3. The Morgan fingerprint density at radius 1 is 1.16 bits per heavy atom. The van der Waals surface area contributed by atoms with Crippen LogP contribution in [-0.2, 0) is 0 Å². The topological polar surface area (TPSA) is 65.5 Å². The average molecular weight is 418 g/mol. The summed E-state index contributed by atoms with van der Waals surface area (Å²) < 4.78 is 0. The Morgan fingerprint density at radius 3 is 2.71 bits per heavy atom. The van der Waals surface area contributed by atoms with Gasteiger partial charge in [0.05, 0.1) is 17.1 Å². The van der Waals surface area contributed by atoms with E-state index in [4.69, 9.17) is 4.98 Å². The minimum Gasteiger partial charge on any atom is -0.396 e. The van der Waals surface area contributed by atoms with Crippen LogP contribution in [0.15, 0.2) is 60.7 Å². The zero-order valence-corrected chi connectivity index (χ0v) is 18.1. The van der Waals surface area contributed by atoms with Crippen molar-refractivity contribution in [3.63, 3.8) is 0 Å². The molecule has 5 nitrogen and oxygen atoms in total. The number of fused-ring (bicyclic) bond motifs is 1. The van der Waals surface area contributed by atoms with Crippen LogP contribution in [0.5, 0.6) is 0 Å². The van der Waals surface area contributed by atoms with E-state index in [-0.39, 0.29) is 24.6 Å². The highest BCUT2D eigenvalue weighted by atomic mass is 16.3. The van der Waals surface area contributed by atoms with E-state index in [2.05, 4.69) is 29.3 Å². The summed E-state index contributed by atoms with van der Waals surface area (Å²) in [6.45, 7) is 3.15. The molecule has 2 N–H and O–H groups in total. The predicted molar refractivity (Wildman–Crippen MR) is 125 cm³/mol. The maximum atomic E-state index is 13.4. The molecule has 5 heteroatoms. The molecule has 0 bridgehead atoms. The van der Waals surface area contributed by atoms with Gasteiger partial charge in [-0.25, -0.2) is 4.98 Å². The van der Waals surface area contributed by atoms with Crippen LogP contribution in [-0.4, -0.2) is 35.2 Å². The Hall–Kier alpha value is -2.92. The van der Waals surface area contributed by atoms with Crippen LogP contribution in [0.25, 0.3) is 10.9 Å². The largest absolute Gasteiger partial charge is 0.396 e. The summed E-state index contributed by atoms with van der Waals surface area (Å²) in [7, 11) is 0. The summed E-state index contributed by atoms with van der Waals surface area (Å²) in [4.78, 5) is 20.6. The highest BCUT2D eigenvalue weighted by molar-refractivity contribution is 6.07. The van der Waals surface area contributed by atoms with Gasteiger partial charge in [0.2, 0.25) is 0 Å². The molecule has 1 fully saturated rings. The number of aliphatic hydroxyl groups is 1. The highest BCUT2D eigenvalue weighted by Gasteiger charge is 2.25. The fourth-order valence-electron chi connectivity index (χ4n) is 4.59. The number of carbonyl (C=O) groups excluding carboxylic acids is 1. The minimum atomic E-state index is -0.0775. The van der Waals surface area contributed by atoms with Gasteiger partial charge in [0.1, 0.15) is 5.82 Å². The van der Waals surface area contributed by atoms with Crippen molar-refractivity contribution in [2.45, 2.75) is 51.1 Å². The van der Waals surface area contributed by atoms with Crippen LogP contribution in [0.2, 0.25) is 0 Å². The quantitative estimate of drug-likeness (QED) is 0.576. The molecule has 3 aromatic rings. The van der Waals surface area contributed by atoms with Crippen LogP contribution >= 0.6 is 0 Å². The molecule has 4 rings (SSSR count). The van der Waals surface area contributed by atoms with Gasteiger partial charge in [-0.15, -0.1) is 0 Å². The van der Waals surface area contributed by atoms with Crippen molar-refractivity contribution in [2.75, 3.05) is 18.1 Å². The van der Waals surface area contributed by atoms with Gasteiger partial charge in [0, 0.05) is 24.6 Å². The number of aliphatic hydroxyl groups excluding tert-OH is 1. The molecule has 1 aromatic heterocycles. The molecule has 1 amide bonds. The van der Waals surface area contributed by atoms with Gasteiger partial charge in [-0.1, -0.05) is 55.5 Å². The van der Waals surface area contributed by atoms with Crippen molar-refractivity contribution in [2.24, 2.45) is 0 Å². The zero-order chi connectivity index (χ0) is 21.6. The number of nitrogens with zero attached hydrogens (tertiary/aromatic N) is 2. The second kappa shape index (κ2) is 9.92. The number of anilines is 1. The fourth-order valence-corrected chi connectivity index (χ4v) is 4.59. The standard InChI is InChI=1S/C26H31N3O2/c1-2-23(19-10-4-3-5-11-19)28-26(31)22-18-25(27-24-14-7-6-13-21(22)24)29-16-9-8-12-20(29)15-17-30/h3-7,10-11,13-14,18,20,23,30H,2,8-9,12,15-17H2,1H3,(H,28,31)/t20-,23?/m0/s1. The first-order valence-electron chi connectivity index (χ1n) is 11.3. The number of hydrogen-bond donors (Lipinski definition) is 2. The lowest BCUT2D eigenvalue weighted by molar-refractivity contribution is 0.0937. The van der Waals surface area contributed by atoms with Crippen molar-refractivity contribution < 1.29 is 9.90 Å². The SMILES string of the molecule is CCC(NC(=O)c1cc(N2CCCC[C@H]2CCO)nc2ccccc12)c1ccccc1. The van der Waals surface area contributed by atoms with Gasteiger partial charge in [-0.3, -0.25) is 4.79 Å². The molecule has 1 aliphatic rings. The molecular formula is C26H31N3O2. The number of hydrogen-bond acceptors (Lipinski definition) is 4. The molecule has 0 aliphatic carbocycles. The van der Waals surface area contributed by atoms with E-state index < -0.39 is 0 Å². The highest BCUT2D eigenvalue weighted by Crippen LogP contribution is 2.29. The van der Waals surface area contributed by atoms with E-state index >= 15 is 0 Å². The van der Waals surface area contributed by atoms with Crippen LogP contribution in [0.4, 0.5) is 5.82 Å². The van der Waals surface area contributed by atoms with Gasteiger partial charge in [-0.05, 0) is 49.8 Å².